The predicted molar refractivity (Wildman–Crippen MR) is 101 cm³/mol. The number of rotatable bonds is 6. The number of carbonyl (C=O) groups is 1. The molecule has 0 atom stereocenters. The van der Waals surface area contributed by atoms with Crippen molar-refractivity contribution >= 4 is 21.4 Å². The molecule has 144 valence electrons. The van der Waals surface area contributed by atoms with Crippen molar-refractivity contribution in [1.29, 1.82) is 0 Å². The molecule has 27 heavy (non-hydrogen) atoms. The van der Waals surface area contributed by atoms with Gasteiger partial charge in [-0.25, -0.2) is 12.8 Å². The lowest BCUT2D eigenvalue weighted by Gasteiger charge is -2.25. The van der Waals surface area contributed by atoms with Gasteiger partial charge in [0.2, 0.25) is 0 Å². The van der Waals surface area contributed by atoms with E-state index in [9.17, 15) is 17.6 Å². The molecule has 1 N–H and O–H groups in total. The zero-order valence-corrected chi connectivity index (χ0v) is 16.1. The number of nitrogens with one attached hydrogen (secondary N) is 1. The van der Waals surface area contributed by atoms with E-state index >= 15 is 0 Å². The lowest BCUT2D eigenvalue weighted by molar-refractivity contribution is 0.102. The van der Waals surface area contributed by atoms with Gasteiger partial charge in [0.15, 0.2) is 9.84 Å². The highest BCUT2D eigenvalue weighted by Gasteiger charge is 2.27. The molecular formula is C20H22FNO4S. The van der Waals surface area contributed by atoms with Crippen molar-refractivity contribution in [2.75, 3.05) is 18.2 Å². The van der Waals surface area contributed by atoms with Crippen LogP contribution in [-0.2, 0) is 9.84 Å². The van der Waals surface area contributed by atoms with Gasteiger partial charge < -0.3 is 10.1 Å². The summed E-state index contributed by atoms with van der Waals surface area (Å²) in [5.41, 5.74) is 0.939. The van der Waals surface area contributed by atoms with Crippen LogP contribution in [0.15, 0.2) is 41.3 Å². The summed E-state index contributed by atoms with van der Waals surface area (Å²) in [7, 11) is -2.06. The molecule has 1 amide bonds. The number of methoxy groups -OCH3 is 1. The standard InChI is InChI=1S/C20H22FNO4S/c1-13-10-15(6-8-18(13)21)22-20(23)17-11-16(7-9-19(17)26-2)27(24,25)12-14-4-3-5-14/h6-11,14H,3-5,12H2,1-2H3,(H,22,23). The summed E-state index contributed by atoms with van der Waals surface area (Å²) in [5.74, 6) is -0.323. The molecule has 0 radical (unpaired) electrons. The molecule has 2 aromatic rings. The summed E-state index contributed by atoms with van der Waals surface area (Å²) in [5, 5.41) is 2.66. The molecule has 1 saturated carbocycles. The number of hydrogen-bond acceptors (Lipinski definition) is 4. The van der Waals surface area contributed by atoms with E-state index in [-0.39, 0.29) is 33.7 Å². The molecule has 0 unspecified atom stereocenters. The van der Waals surface area contributed by atoms with Gasteiger partial charge in [0, 0.05) is 5.69 Å². The van der Waals surface area contributed by atoms with E-state index in [0.717, 1.165) is 19.3 Å². The topological polar surface area (TPSA) is 72.5 Å². The Kier molecular flexibility index (Phi) is 5.51. The first-order valence-electron chi connectivity index (χ1n) is 8.78. The average molecular weight is 391 g/mol. The number of benzene rings is 2. The van der Waals surface area contributed by atoms with Crippen LogP contribution >= 0.6 is 0 Å². The van der Waals surface area contributed by atoms with E-state index in [1.807, 2.05) is 0 Å². The van der Waals surface area contributed by atoms with Crippen LogP contribution in [0.25, 0.3) is 0 Å². The van der Waals surface area contributed by atoms with Gasteiger partial charge in [-0.15, -0.1) is 0 Å². The van der Waals surface area contributed by atoms with Gasteiger partial charge in [-0.2, -0.15) is 0 Å². The van der Waals surface area contributed by atoms with Gasteiger partial charge in [0.1, 0.15) is 11.6 Å². The first-order chi connectivity index (χ1) is 12.8. The number of amides is 1. The quantitative estimate of drug-likeness (QED) is 0.809. The van der Waals surface area contributed by atoms with Gasteiger partial charge in [-0.3, -0.25) is 4.79 Å². The summed E-state index contributed by atoms with van der Waals surface area (Å²) >= 11 is 0. The maximum Gasteiger partial charge on any atom is 0.259 e. The Morgan fingerprint density at radius 2 is 1.96 bits per heavy atom. The highest BCUT2D eigenvalue weighted by Crippen LogP contribution is 2.31. The van der Waals surface area contributed by atoms with Crippen molar-refractivity contribution in [3.63, 3.8) is 0 Å². The molecule has 1 aliphatic rings. The van der Waals surface area contributed by atoms with Gasteiger partial charge in [0.25, 0.3) is 5.91 Å². The molecule has 5 nitrogen and oxygen atoms in total. The summed E-state index contributed by atoms with van der Waals surface area (Å²) in [6.45, 7) is 1.60. The number of halogens is 1. The van der Waals surface area contributed by atoms with Gasteiger partial charge in [0.05, 0.1) is 23.3 Å². The fourth-order valence-electron chi connectivity index (χ4n) is 3.04. The minimum Gasteiger partial charge on any atom is -0.496 e. The molecule has 7 heteroatoms. The number of aryl methyl sites for hydroxylation is 1. The molecule has 0 aromatic heterocycles. The van der Waals surface area contributed by atoms with Crippen LogP contribution in [0.2, 0.25) is 0 Å². The first kappa shape index (κ1) is 19.4. The lowest BCUT2D eigenvalue weighted by atomic mass is 9.87. The minimum absolute atomic E-state index is 0.0948. The summed E-state index contributed by atoms with van der Waals surface area (Å²) in [4.78, 5) is 12.8. The molecule has 2 aromatic carbocycles. The molecule has 0 spiro atoms. The molecule has 0 saturated heterocycles. The Hall–Kier alpha value is -2.41. The second kappa shape index (κ2) is 7.68. The second-order valence-electron chi connectivity index (χ2n) is 6.86. The van der Waals surface area contributed by atoms with Crippen molar-refractivity contribution in [3.8, 4) is 5.75 Å². The Bertz CT molecular complexity index is 968. The Labute approximate surface area is 158 Å². The fraction of sp³-hybridized carbons (Fsp3) is 0.350. The SMILES string of the molecule is COc1ccc(S(=O)(=O)CC2CCC2)cc1C(=O)Nc1ccc(F)c(C)c1. The third-order valence-corrected chi connectivity index (χ3v) is 6.75. The molecule has 0 bridgehead atoms. The Morgan fingerprint density at radius 3 is 2.56 bits per heavy atom. The normalized spacial score (nSPS) is 14.5. The van der Waals surface area contributed by atoms with Crippen molar-refractivity contribution in [1.82, 2.24) is 0 Å². The van der Waals surface area contributed by atoms with E-state index in [0.29, 0.717) is 11.3 Å². The maximum atomic E-state index is 13.4. The number of carbonyl (C=O) groups excluding carboxylic acids is 1. The summed E-state index contributed by atoms with van der Waals surface area (Å²) in [6.07, 6.45) is 2.91. The van der Waals surface area contributed by atoms with E-state index in [1.54, 1.807) is 6.92 Å². The van der Waals surface area contributed by atoms with Crippen molar-refractivity contribution in [2.24, 2.45) is 5.92 Å². The van der Waals surface area contributed by atoms with Crippen LogP contribution in [0.5, 0.6) is 5.75 Å². The minimum atomic E-state index is -3.47. The number of sulfone groups is 1. The van der Waals surface area contributed by atoms with Gasteiger partial charge in [-0.1, -0.05) is 6.42 Å². The third-order valence-electron chi connectivity index (χ3n) is 4.87. The second-order valence-corrected chi connectivity index (χ2v) is 8.89. The van der Waals surface area contributed by atoms with Crippen molar-refractivity contribution < 1.29 is 22.3 Å². The lowest BCUT2D eigenvalue weighted by Crippen LogP contribution is -2.22. The van der Waals surface area contributed by atoms with Crippen LogP contribution in [0, 0.1) is 18.7 Å². The maximum absolute atomic E-state index is 13.4. The highest BCUT2D eigenvalue weighted by molar-refractivity contribution is 7.91. The number of ether oxygens (including phenoxy) is 1. The molecule has 1 aliphatic carbocycles. The van der Waals surface area contributed by atoms with Crippen molar-refractivity contribution in [2.45, 2.75) is 31.1 Å². The summed E-state index contributed by atoms with van der Waals surface area (Å²) in [6, 6.07) is 8.52. The molecule has 1 fully saturated rings. The smallest absolute Gasteiger partial charge is 0.259 e. The van der Waals surface area contributed by atoms with Crippen LogP contribution in [-0.4, -0.2) is 27.2 Å². The highest BCUT2D eigenvalue weighted by atomic mass is 32.2. The van der Waals surface area contributed by atoms with Crippen LogP contribution in [0.3, 0.4) is 0 Å². The van der Waals surface area contributed by atoms with E-state index < -0.39 is 15.7 Å². The predicted octanol–water partition coefficient (Wildman–Crippen LogP) is 3.97. The van der Waals surface area contributed by atoms with Crippen LogP contribution < -0.4 is 10.1 Å². The zero-order valence-electron chi connectivity index (χ0n) is 15.3. The van der Waals surface area contributed by atoms with Crippen LogP contribution in [0.1, 0.15) is 35.2 Å². The number of anilines is 1. The molecule has 0 aliphatic heterocycles. The Balaban J connectivity index is 1.88. The van der Waals surface area contributed by atoms with Crippen molar-refractivity contribution in [3.05, 3.63) is 53.3 Å². The van der Waals surface area contributed by atoms with Crippen LogP contribution in [0.4, 0.5) is 10.1 Å². The Morgan fingerprint density at radius 1 is 1.22 bits per heavy atom. The third kappa shape index (κ3) is 4.30. The monoisotopic (exact) mass is 391 g/mol. The number of hydrogen-bond donors (Lipinski definition) is 1. The molecular weight excluding hydrogens is 369 g/mol. The molecule has 0 heterocycles. The van der Waals surface area contributed by atoms with E-state index in [4.69, 9.17) is 4.74 Å². The van der Waals surface area contributed by atoms with E-state index in [1.165, 1.54) is 43.5 Å². The average Bonchev–Trinajstić information content (AvgIpc) is 2.61. The van der Waals surface area contributed by atoms with E-state index in [2.05, 4.69) is 5.32 Å². The first-order valence-corrected chi connectivity index (χ1v) is 10.4. The van der Waals surface area contributed by atoms with Gasteiger partial charge >= 0.3 is 0 Å². The summed E-state index contributed by atoms with van der Waals surface area (Å²) < 4.78 is 43.9. The zero-order chi connectivity index (χ0) is 19.6. The molecule has 3 rings (SSSR count). The fourth-order valence-corrected chi connectivity index (χ4v) is 4.76. The van der Waals surface area contributed by atoms with Gasteiger partial charge in [-0.05, 0) is 67.6 Å². The largest absolute Gasteiger partial charge is 0.496 e.